The summed E-state index contributed by atoms with van der Waals surface area (Å²) in [6, 6.07) is 0. The van der Waals surface area contributed by atoms with Gasteiger partial charge in [0.2, 0.25) is 0 Å². The maximum atomic E-state index is 12.4. The fourth-order valence-electron chi connectivity index (χ4n) is 1.03. The smallest absolute Gasteiger partial charge is 0.419 e. The van der Waals surface area contributed by atoms with Crippen LogP contribution in [0.5, 0.6) is 5.75 Å². The lowest BCUT2D eigenvalue weighted by molar-refractivity contribution is -0.138. The number of hydrogen-bond acceptors (Lipinski definition) is 2. The molecule has 0 aliphatic carbocycles. The van der Waals surface area contributed by atoms with Crippen LogP contribution in [0.15, 0.2) is 10.7 Å². The molecule has 0 aliphatic heterocycles. The Balaban J connectivity index is 3.41. The van der Waals surface area contributed by atoms with E-state index in [4.69, 9.17) is 0 Å². The van der Waals surface area contributed by atoms with E-state index in [9.17, 15) is 22.0 Å². The molecule has 0 saturated heterocycles. The van der Waals surface area contributed by atoms with Gasteiger partial charge in [0, 0.05) is 6.20 Å². The molecule has 0 saturated carbocycles. The first-order chi connectivity index (χ1) is 7.29. The molecule has 8 heteroatoms. The summed E-state index contributed by atoms with van der Waals surface area (Å²) in [7, 11) is 0.994. The minimum atomic E-state index is -4.68. The van der Waals surface area contributed by atoms with Gasteiger partial charge in [-0.05, 0) is 15.9 Å². The van der Waals surface area contributed by atoms with Crippen molar-refractivity contribution in [3.63, 3.8) is 0 Å². The Morgan fingerprint density at radius 1 is 1.38 bits per heavy atom. The third kappa shape index (κ3) is 2.42. The standard InChI is InChI=1S/C8H5BrF5NO/c1-16-6-4(9)3(8(12,13)14)2-15-5(6)7(10)11/h2,7H,1H3. The fraction of sp³-hybridized carbons (Fsp3) is 0.375. The van der Waals surface area contributed by atoms with Crippen LogP contribution >= 0.6 is 15.9 Å². The molecule has 0 radical (unpaired) electrons. The summed E-state index contributed by atoms with van der Waals surface area (Å²) in [4.78, 5) is 3.05. The van der Waals surface area contributed by atoms with Crippen molar-refractivity contribution in [2.24, 2.45) is 0 Å². The summed E-state index contributed by atoms with van der Waals surface area (Å²) >= 11 is 2.58. The molecule has 0 atom stereocenters. The van der Waals surface area contributed by atoms with Gasteiger partial charge >= 0.3 is 6.18 Å². The number of ether oxygens (including phenoxy) is 1. The van der Waals surface area contributed by atoms with Crippen molar-refractivity contribution in [2.45, 2.75) is 12.6 Å². The second-order valence-corrected chi connectivity index (χ2v) is 3.50. The topological polar surface area (TPSA) is 22.1 Å². The molecular formula is C8H5BrF5NO. The zero-order valence-electron chi connectivity index (χ0n) is 7.78. The summed E-state index contributed by atoms with van der Waals surface area (Å²) in [6.07, 6.45) is -7.35. The Hall–Kier alpha value is -0.920. The van der Waals surface area contributed by atoms with E-state index >= 15 is 0 Å². The quantitative estimate of drug-likeness (QED) is 0.775. The van der Waals surface area contributed by atoms with E-state index in [0.717, 1.165) is 7.11 Å². The van der Waals surface area contributed by atoms with E-state index in [2.05, 4.69) is 25.7 Å². The van der Waals surface area contributed by atoms with Crippen molar-refractivity contribution in [2.75, 3.05) is 7.11 Å². The highest BCUT2D eigenvalue weighted by atomic mass is 79.9. The Labute approximate surface area is 95.6 Å². The summed E-state index contributed by atoms with van der Waals surface area (Å²) in [5.41, 5.74) is -1.99. The lowest BCUT2D eigenvalue weighted by atomic mass is 10.2. The van der Waals surface area contributed by atoms with Crippen LogP contribution in [0.2, 0.25) is 0 Å². The van der Waals surface area contributed by atoms with E-state index in [1.54, 1.807) is 0 Å². The Bertz CT molecular complexity index is 393. The van der Waals surface area contributed by atoms with E-state index < -0.39 is 34.1 Å². The minimum Gasteiger partial charge on any atom is -0.493 e. The first-order valence-corrected chi connectivity index (χ1v) is 4.66. The van der Waals surface area contributed by atoms with E-state index in [1.165, 1.54) is 0 Å². The van der Waals surface area contributed by atoms with Gasteiger partial charge in [0.25, 0.3) is 6.43 Å². The van der Waals surface area contributed by atoms with Crippen LogP contribution in [0.1, 0.15) is 17.7 Å². The van der Waals surface area contributed by atoms with Gasteiger partial charge in [0.15, 0.2) is 5.75 Å². The van der Waals surface area contributed by atoms with Crippen LogP contribution in [0.3, 0.4) is 0 Å². The van der Waals surface area contributed by atoms with Crippen molar-refractivity contribution in [3.05, 3.63) is 21.9 Å². The maximum Gasteiger partial charge on any atom is 0.419 e. The molecule has 1 heterocycles. The lowest BCUT2D eigenvalue weighted by Crippen LogP contribution is -2.09. The number of halogens is 6. The average Bonchev–Trinajstić information content (AvgIpc) is 2.14. The summed E-state index contributed by atoms with van der Waals surface area (Å²) in [5, 5.41) is 0. The molecule has 90 valence electrons. The average molecular weight is 306 g/mol. The molecule has 0 aromatic carbocycles. The molecule has 0 aliphatic rings. The van der Waals surface area contributed by atoms with Gasteiger partial charge in [0.1, 0.15) is 5.69 Å². The van der Waals surface area contributed by atoms with E-state index in [0.29, 0.717) is 6.20 Å². The highest BCUT2D eigenvalue weighted by molar-refractivity contribution is 9.10. The van der Waals surface area contributed by atoms with Gasteiger partial charge in [-0.15, -0.1) is 0 Å². The molecule has 1 aromatic rings. The second-order valence-electron chi connectivity index (χ2n) is 2.70. The van der Waals surface area contributed by atoms with Gasteiger partial charge in [-0.1, -0.05) is 0 Å². The highest BCUT2D eigenvalue weighted by Crippen LogP contribution is 2.42. The molecule has 1 rings (SSSR count). The Morgan fingerprint density at radius 3 is 2.31 bits per heavy atom. The van der Waals surface area contributed by atoms with Crippen LogP contribution in [0.4, 0.5) is 22.0 Å². The maximum absolute atomic E-state index is 12.4. The minimum absolute atomic E-state index is 0.341. The molecule has 0 fully saturated rings. The first kappa shape index (κ1) is 13.1. The SMILES string of the molecule is COc1c(C(F)F)ncc(C(F)(F)F)c1Br. The van der Waals surface area contributed by atoms with E-state index in [1.807, 2.05) is 0 Å². The number of aromatic nitrogens is 1. The molecule has 0 unspecified atom stereocenters. The van der Waals surface area contributed by atoms with Crippen LogP contribution in [0, 0.1) is 0 Å². The Kier molecular flexibility index (Phi) is 3.72. The van der Waals surface area contributed by atoms with Gasteiger partial charge in [-0.3, -0.25) is 4.98 Å². The Morgan fingerprint density at radius 2 is 1.94 bits per heavy atom. The van der Waals surface area contributed by atoms with Gasteiger partial charge < -0.3 is 4.74 Å². The molecule has 0 bridgehead atoms. The van der Waals surface area contributed by atoms with Crippen LogP contribution in [0.25, 0.3) is 0 Å². The lowest BCUT2D eigenvalue weighted by Gasteiger charge is -2.14. The van der Waals surface area contributed by atoms with Crippen LogP contribution < -0.4 is 4.74 Å². The van der Waals surface area contributed by atoms with Crippen molar-refractivity contribution in [1.82, 2.24) is 4.98 Å². The number of alkyl halides is 5. The first-order valence-electron chi connectivity index (χ1n) is 3.86. The van der Waals surface area contributed by atoms with E-state index in [-0.39, 0.29) is 0 Å². The third-order valence-electron chi connectivity index (χ3n) is 1.72. The summed E-state index contributed by atoms with van der Waals surface area (Å²) < 4.78 is 65.8. The number of pyridine rings is 1. The molecule has 0 amide bonds. The predicted octanol–water partition coefficient (Wildman–Crippen LogP) is 3.81. The van der Waals surface area contributed by atoms with Crippen molar-refractivity contribution in [1.29, 1.82) is 0 Å². The predicted molar refractivity (Wildman–Crippen MR) is 48.4 cm³/mol. The van der Waals surface area contributed by atoms with Crippen molar-refractivity contribution >= 4 is 15.9 Å². The third-order valence-corrected chi connectivity index (χ3v) is 2.50. The van der Waals surface area contributed by atoms with Crippen molar-refractivity contribution in [3.8, 4) is 5.75 Å². The number of nitrogens with zero attached hydrogens (tertiary/aromatic N) is 1. The van der Waals surface area contributed by atoms with Gasteiger partial charge in [0.05, 0.1) is 17.1 Å². The normalized spacial score (nSPS) is 12.0. The van der Waals surface area contributed by atoms with Gasteiger partial charge in [-0.2, -0.15) is 13.2 Å². The monoisotopic (exact) mass is 305 g/mol. The van der Waals surface area contributed by atoms with Gasteiger partial charge in [-0.25, -0.2) is 8.78 Å². The van der Waals surface area contributed by atoms with Crippen LogP contribution in [-0.4, -0.2) is 12.1 Å². The number of hydrogen-bond donors (Lipinski definition) is 0. The molecule has 1 aromatic heterocycles. The van der Waals surface area contributed by atoms with Crippen LogP contribution in [-0.2, 0) is 6.18 Å². The molecule has 0 spiro atoms. The summed E-state index contributed by atoms with van der Waals surface area (Å²) in [5.74, 6) is -0.607. The molecule has 0 N–H and O–H groups in total. The number of rotatable bonds is 2. The zero-order chi connectivity index (χ0) is 12.5. The molecule has 2 nitrogen and oxygen atoms in total. The van der Waals surface area contributed by atoms with Crippen molar-refractivity contribution < 1.29 is 26.7 Å². The molecular weight excluding hydrogens is 301 g/mol. The summed E-state index contributed by atoms with van der Waals surface area (Å²) in [6.45, 7) is 0. The largest absolute Gasteiger partial charge is 0.493 e. The zero-order valence-corrected chi connectivity index (χ0v) is 9.36. The molecule has 16 heavy (non-hydrogen) atoms. The highest BCUT2D eigenvalue weighted by Gasteiger charge is 2.36. The fourth-order valence-corrected chi connectivity index (χ4v) is 1.72. The number of methoxy groups -OCH3 is 1. The second kappa shape index (κ2) is 4.52.